The van der Waals surface area contributed by atoms with Gasteiger partial charge in [0.15, 0.2) is 0 Å². The van der Waals surface area contributed by atoms with Gasteiger partial charge in [0.2, 0.25) is 0 Å². The minimum Gasteiger partial charge on any atom is -0.310 e. The summed E-state index contributed by atoms with van der Waals surface area (Å²) < 4.78 is 0. The first-order valence-electron chi connectivity index (χ1n) is 18.8. The summed E-state index contributed by atoms with van der Waals surface area (Å²) in [4.78, 5) is 5.62. The zero-order chi connectivity index (χ0) is 33.1. The molecule has 2 heteroatoms. The monoisotopic (exact) mass is 657 g/mol. The Labute approximate surface area is 297 Å². The van der Waals surface area contributed by atoms with Gasteiger partial charge in [-0.3, -0.25) is 0 Å². The highest BCUT2D eigenvalue weighted by molar-refractivity contribution is 7.99. The molecule has 6 aliphatic rings. The van der Waals surface area contributed by atoms with E-state index < -0.39 is 0 Å². The topological polar surface area (TPSA) is 3.24 Å². The largest absolute Gasteiger partial charge is 0.310 e. The summed E-state index contributed by atoms with van der Waals surface area (Å²) >= 11 is 2.03. The summed E-state index contributed by atoms with van der Waals surface area (Å²) in [6.07, 6.45) is 8.01. The SMILES string of the molecule is CC1(C)CCC(C)(C)c2c(N(c3ccccc3)c3cc(-c4ccccc4)c4c(c3)C3(c5ccccc5S4)C4CC5CC(C4)C3C5)cccc21. The zero-order valence-electron chi connectivity index (χ0n) is 29.4. The molecule has 1 nitrogen and oxygen atoms in total. The Morgan fingerprint density at radius 3 is 2.12 bits per heavy atom. The molecule has 1 heterocycles. The van der Waals surface area contributed by atoms with Crippen LogP contribution in [0, 0.1) is 23.7 Å². The Morgan fingerprint density at radius 1 is 0.612 bits per heavy atom. The van der Waals surface area contributed by atoms with E-state index in [0.29, 0.717) is 5.92 Å². The molecular weight excluding hydrogens is 611 g/mol. The van der Waals surface area contributed by atoms with E-state index in [9.17, 15) is 0 Å². The van der Waals surface area contributed by atoms with Gasteiger partial charge in [0.05, 0.1) is 5.69 Å². The quantitative estimate of drug-likeness (QED) is 0.189. The number of hydrogen-bond acceptors (Lipinski definition) is 2. The Balaban J connectivity index is 1.30. The van der Waals surface area contributed by atoms with Crippen LogP contribution in [-0.4, -0.2) is 0 Å². The molecule has 5 aromatic rings. The van der Waals surface area contributed by atoms with E-state index in [1.54, 1.807) is 11.1 Å². The molecule has 0 N–H and O–H groups in total. The van der Waals surface area contributed by atoms with Gasteiger partial charge in [-0.15, -0.1) is 0 Å². The van der Waals surface area contributed by atoms with Gasteiger partial charge >= 0.3 is 0 Å². The third-order valence-corrected chi connectivity index (χ3v) is 14.9. The number of nitrogens with zero attached hydrogens (tertiary/aromatic N) is 1. The molecular formula is C47H47NS. The molecule has 5 aliphatic carbocycles. The van der Waals surface area contributed by atoms with E-state index in [2.05, 4.69) is 148 Å². The zero-order valence-corrected chi connectivity index (χ0v) is 30.2. The average Bonchev–Trinajstić information content (AvgIpc) is 3.53. The van der Waals surface area contributed by atoms with Crippen molar-refractivity contribution in [2.45, 2.75) is 92.3 Å². The maximum absolute atomic E-state index is 2.69. The van der Waals surface area contributed by atoms with E-state index in [4.69, 9.17) is 0 Å². The van der Waals surface area contributed by atoms with Gasteiger partial charge < -0.3 is 4.90 Å². The average molecular weight is 658 g/mol. The molecule has 5 atom stereocenters. The number of fused-ring (bicyclic) bond motifs is 3. The maximum atomic E-state index is 2.69. The van der Waals surface area contributed by atoms with Crippen molar-refractivity contribution in [2.24, 2.45) is 23.7 Å². The number of anilines is 3. The van der Waals surface area contributed by atoms with Crippen LogP contribution in [0.15, 0.2) is 125 Å². The predicted octanol–water partition coefficient (Wildman–Crippen LogP) is 13.0. The number of benzene rings is 5. The van der Waals surface area contributed by atoms with Crippen molar-refractivity contribution in [3.05, 3.63) is 138 Å². The lowest BCUT2D eigenvalue weighted by Gasteiger charge is -2.50. The first-order chi connectivity index (χ1) is 23.8. The van der Waals surface area contributed by atoms with Crippen LogP contribution < -0.4 is 4.90 Å². The van der Waals surface area contributed by atoms with E-state index >= 15 is 0 Å². The normalized spacial score (nSPS) is 27.8. The molecule has 11 rings (SSSR count). The molecule has 0 radical (unpaired) electrons. The van der Waals surface area contributed by atoms with Crippen molar-refractivity contribution < 1.29 is 0 Å². The van der Waals surface area contributed by atoms with Crippen molar-refractivity contribution in [3.8, 4) is 11.1 Å². The highest BCUT2D eigenvalue weighted by Gasteiger charge is 2.65. The van der Waals surface area contributed by atoms with Crippen LogP contribution in [0.4, 0.5) is 17.1 Å². The third-order valence-electron chi connectivity index (χ3n) is 13.7. The Bertz CT molecular complexity index is 2090. The predicted molar refractivity (Wildman–Crippen MR) is 206 cm³/mol. The molecule has 1 aliphatic heterocycles. The molecule has 5 unspecified atom stereocenters. The lowest BCUT2D eigenvalue weighted by atomic mass is 9.57. The summed E-state index contributed by atoms with van der Waals surface area (Å²) in [5.74, 6) is 3.21. The maximum Gasteiger partial charge on any atom is 0.0502 e. The fourth-order valence-electron chi connectivity index (χ4n) is 11.7. The van der Waals surface area contributed by atoms with Gasteiger partial charge in [-0.05, 0) is 143 Å². The fourth-order valence-corrected chi connectivity index (χ4v) is 13.0. The Kier molecular flexibility index (Phi) is 6.53. The van der Waals surface area contributed by atoms with Crippen LogP contribution in [0.25, 0.3) is 11.1 Å². The number of hydrogen-bond donors (Lipinski definition) is 0. The highest BCUT2D eigenvalue weighted by Crippen LogP contribution is 2.73. The summed E-state index contributed by atoms with van der Waals surface area (Å²) in [5, 5.41) is 0. The van der Waals surface area contributed by atoms with Crippen LogP contribution in [0.1, 0.15) is 88.5 Å². The summed E-state index contributed by atoms with van der Waals surface area (Å²) in [6.45, 7) is 9.85. The first kappa shape index (κ1) is 30.1. The van der Waals surface area contributed by atoms with E-state index in [0.717, 1.165) is 17.8 Å². The third kappa shape index (κ3) is 4.25. The standard InChI is InChI=1S/C47H47NS/c1-45(2)22-23-46(3,4)43-38(45)19-13-20-41(43)48(34-16-9-6-10-17-34)35-28-36(31-14-7-5-8-15-31)44-40(29-35)47(37-18-11-12-21-42(37)49-44)33-25-30-24-32(27-33)39(47)26-30/h5-21,28-30,32-33,39H,22-27H2,1-4H3. The molecule has 4 fully saturated rings. The van der Waals surface area contributed by atoms with Gasteiger partial charge in [-0.2, -0.15) is 0 Å². The minimum absolute atomic E-state index is 0.0738. The van der Waals surface area contributed by atoms with Crippen LogP contribution in [-0.2, 0) is 16.2 Å². The molecule has 4 saturated carbocycles. The Morgan fingerprint density at radius 2 is 1.33 bits per heavy atom. The van der Waals surface area contributed by atoms with Crippen LogP contribution in [0.2, 0.25) is 0 Å². The van der Waals surface area contributed by atoms with Gasteiger partial charge in [-0.1, -0.05) is 118 Å². The summed E-state index contributed by atoms with van der Waals surface area (Å²) in [6, 6.07) is 44.4. The molecule has 4 bridgehead atoms. The second-order valence-corrected chi connectivity index (χ2v) is 18.3. The van der Waals surface area contributed by atoms with Gasteiger partial charge in [-0.25, -0.2) is 0 Å². The lowest BCUT2D eigenvalue weighted by Crippen LogP contribution is -2.44. The van der Waals surface area contributed by atoms with E-state index in [1.807, 2.05) is 11.8 Å². The van der Waals surface area contributed by atoms with Crippen LogP contribution >= 0.6 is 11.8 Å². The molecule has 1 spiro atoms. The van der Waals surface area contributed by atoms with Crippen molar-refractivity contribution in [3.63, 3.8) is 0 Å². The molecule has 5 aromatic carbocycles. The van der Waals surface area contributed by atoms with Crippen molar-refractivity contribution in [2.75, 3.05) is 4.90 Å². The van der Waals surface area contributed by atoms with Crippen LogP contribution in [0.3, 0.4) is 0 Å². The minimum atomic E-state index is 0.0738. The van der Waals surface area contributed by atoms with Gasteiger partial charge in [0.1, 0.15) is 0 Å². The van der Waals surface area contributed by atoms with Crippen molar-refractivity contribution in [1.29, 1.82) is 0 Å². The van der Waals surface area contributed by atoms with Crippen molar-refractivity contribution >= 4 is 28.8 Å². The molecule has 246 valence electrons. The van der Waals surface area contributed by atoms with E-state index in [-0.39, 0.29) is 16.2 Å². The van der Waals surface area contributed by atoms with Crippen LogP contribution in [0.5, 0.6) is 0 Å². The second kappa shape index (κ2) is 10.6. The molecule has 49 heavy (non-hydrogen) atoms. The Hall–Kier alpha value is -3.75. The first-order valence-corrected chi connectivity index (χ1v) is 19.6. The second-order valence-electron chi connectivity index (χ2n) is 17.2. The van der Waals surface area contributed by atoms with Gasteiger partial charge in [0.25, 0.3) is 0 Å². The summed E-state index contributed by atoms with van der Waals surface area (Å²) in [5.41, 5.74) is 13.1. The molecule has 0 amide bonds. The molecule has 0 saturated heterocycles. The lowest BCUT2D eigenvalue weighted by molar-refractivity contribution is 0.181. The fraction of sp³-hybridized carbons (Fsp3) is 0.362. The van der Waals surface area contributed by atoms with E-state index in [1.165, 1.54) is 87.6 Å². The van der Waals surface area contributed by atoms with Gasteiger partial charge in [0, 0.05) is 26.6 Å². The smallest absolute Gasteiger partial charge is 0.0502 e. The van der Waals surface area contributed by atoms with Crippen molar-refractivity contribution in [1.82, 2.24) is 0 Å². The highest BCUT2D eigenvalue weighted by atomic mass is 32.2. The molecule has 0 aromatic heterocycles. The summed E-state index contributed by atoms with van der Waals surface area (Å²) in [7, 11) is 0. The number of para-hydroxylation sites is 1. The number of rotatable bonds is 4.